The van der Waals surface area contributed by atoms with Gasteiger partial charge in [-0.1, -0.05) is 0 Å². The topological polar surface area (TPSA) is 88.0 Å². The van der Waals surface area contributed by atoms with Crippen molar-refractivity contribution >= 4 is 5.97 Å². The van der Waals surface area contributed by atoms with E-state index in [9.17, 15) is 0 Å². The van der Waals surface area contributed by atoms with Gasteiger partial charge in [-0.25, -0.2) is 0 Å². The smallest absolute Gasteiger partial charge is 0.300 e. The normalized spacial score (nSPS) is 38.2. The van der Waals surface area contributed by atoms with Gasteiger partial charge in [0.05, 0.1) is 12.6 Å². The Hall–Kier alpha value is -0.690. The maximum Gasteiger partial charge on any atom is 0.300 e. The summed E-state index contributed by atoms with van der Waals surface area (Å²) in [6.07, 6.45) is 0.0714. The van der Waals surface area contributed by atoms with Gasteiger partial charge in [0.1, 0.15) is 12.2 Å². The minimum atomic E-state index is -0.833. The summed E-state index contributed by atoms with van der Waals surface area (Å²) in [5.41, 5.74) is 0. The molecule has 0 saturated carbocycles. The number of nitrogens with one attached hydrogen (secondary N) is 1. The summed E-state index contributed by atoms with van der Waals surface area (Å²) in [6.45, 7) is 7.06. The number of carboxylic acid groups (broad SMARTS) is 1. The number of aliphatic hydroxyl groups excluding tert-OH is 1. The van der Waals surface area contributed by atoms with Gasteiger partial charge in [-0.05, 0) is 20.8 Å². The minimum Gasteiger partial charge on any atom is -0.481 e. The van der Waals surface area contributed by atoms with E-state index in [1.54, 1.807) is 0 Å². The summed E-state index contributed by atoms with van der Waals surface area (Å²) in [5, 5.41) is 19.8. The Morgan fingerprint density at radius 3 is 2.29 bits per heavy atom. The molecule has 4 atom stereocenters. The quantitative estimate of drug-likeness (QED) is 0.602. The van der Waals surface area contributed by atoms with Crippen LogP contribution in [-0.4, -0.2) is 52.9 Å². The molecule has 2 aliphatic heterocycles. The molecule has 100 valence electrons. The van der Waals surface area contributed by atoms with Crippen LogP contribution in [0.4, 0.5) is 0 Å². The fourth-order valence-corrected chi connectivity index (χ4v) is 2.20. The van der Waals surface area contributed by atoms with Gasteiger partial charge in [0, 0.05) is 13.0 Å². The summed E-state index contributed by atoms with van der Waals surface area (Å²) in [4.78, 5) is 9.00. The summed E-state index contributed by atoms with van der Waals surface area (Å²) in [6, 6.07) is 0.269. The van der Waals surface area contributed by atoms with Crippen LogP contribution in [-0.2, 0) is 14.3 Å². The lowest BCUT2D eigenvalue weighted by Crippen LogP contribution is -2.39. The van der Waals surface area contributed by atoms with Crippen LogP contribution in [0, 0.1) is 0 Å². The maximum absolute atomic E-state index is 9.10. The molecule has 0 unspecified atom stereocenters. The number of carbonyl (C=O) groups is 1. The highest BCUT2D eigenvalue weighted by atomic mass is 16.8. The molecule has 3 N–H and O–H groups in total. The van der Waals surface area contributed by atoms with Crippen LogP contribution in [0.3, 0.4) is 0 Å². The first-order valence-corrected chi connectivity index (χ1v) is 5.69. The Balaban J connectivity index is 0.000000317. The highest BCUT2D eigenvalue weighted by molar-refractivity contribution is 5.62. The summed E-state index contributed by atoms with van der Waals surface area (Å²) in [7, 11) is 0. The lowest BCUT2D eigenvalue weighted by atomic mass is 10.1. The molecule has 0 aromatic carbocycles. The van der Waals surface area contributed by atoms with Crippen LogP contribution in [0.5, 0.6) is 0 Å². The number of hydrogen-bond acceptors (Lipinski definition) is 5. The predicted molar refractivity (Wildman–Crippen MR) is 60.6 cm³/mol. The zero-order valence-electron chi connectivity index (χ0n) is 10.6. The number of ether oxygens (including phenoxy) is 2. The fraction of sp³-hybridized carbons (Fsp3) is 0.909. The van der Waals surface area contributed by atoms with Gasteiger partial charge in [0.15, 0.2) is 5.79 Å². The number of fused-ring (bicyclic) bond motifs is 1. The molecule has 0 aliphatic carbocycles. The number of hydrogen-bond donors (Lipinski definition) is 3. The Morgan fingerprint density at radius 2 is 1.82 bits per heavy atom. The summed E-state index contributed by atoms with van der Waals surface area (Å²) in [5.74, 6) is -1.33. The van der Waals surface area contributed by atoms with E-state index < -0.39 is 11.8 Å². The minimum absolute atomic E-state index is 0.00463. The van der Waals surface area contributed by atoms with Crippen LogP contribution in [0.25, 0.3) is 0 Å². The molecule has 2 rings (SSSR count). The van der Waals surface area contributed by atoms with Crippen LogP contribution in [0.15, 0.2) is 0 Å². The SMILES string of the molecule is CC(=O)O.C[C@H]1N[C@H](CO)[C@H]2OC(C)(C)O[C@H]21. The number of aliphatic hydroxyl groups is 1. The highest BCUT2D eigenvalue weighted by Gasteiger charge is 2.51. The van der Waals surface area contributed by atoms with Gasteiger partial charge in [-0.2, -0.15) is 0 Å². The summed E-state index contributed by atoms with van der Waals surface area (Å²) < 4.78 is 11.4. The van der Waals surface area contributed by atoms with E-state index in [1.165, 1.54) is 0 Å². The van der Waals surface area contributed by atoms with E-state index in [-0.39, 0.29) is 30.9 Å². The molecule has 0 aromatic heterocycles. The molecule has 0 spiro atoms. The Morgan fingerprint density at radius 1 is 1.35 bits per heavy atom. The van der Waals surface area contributed by atoms with Crippen LogP contribution < -0.4 is 5.32 Å². The first kappa shape index (κ1) is 14.4. The van der Waals surface area contributed by atoms with Crippen molar-refractivity contribution in [3.63, 3.8) is 0 Å². The van der Waals surface area contributed by atoms with E-state index in [2.05, 4.69) is 12.2 Å². The summed E-state index contributed by atoms with van der Waals surface area (Å²) >= 11 is 0. The molecule has 2 heterocycles. The third-order valence-electron chi connectivity index (χ3n) is 2.73. The van der Waals surface area contributed by atoms with E-state index in [0.717, 1.165) is 6.92 Å². The predicted octanol–water partition coefficient (Wildman–Crippen LogP) is -0.0500. The van der Waals surface area contributed by atoms with Crippen molar-refractivity contribution in [3.05, 3.63) is 0 Å². The molecular formula is C11H21NO5. The number of carboxylic acids is 1. The molecule has 2 saturated heterocycles. The van der Waals surface area contributed by atoms with Crippen molar-refractivity contribution in [1.29, 1.82) is 0 Å². The second-order valence-corrected chi connectivity index (χ2v) is 4.83. The van der Waals surface area contributed by atoms with E-state index in [0.29, 0.717) is 0 Å². The second kappa shape index (κ2) is 5.30. The number of aliphatic carboxylic acids is 1. The van der Waals surface area contributed by atoms with Gasteiger partial charge >= 0.3 is 0 Å². The first-order valence-electron chi connectivity index (χ1n) is 5.69. The number of rotatable bonds is 1. The van der Waals surface area contributed by atoms with Crippen LogP contribution in [0.2, 0.25) is 0 Å². The third-order valence-corrected chi connectivity index (χ3v) is 2.73. The lowest BCUT2D eigenvalue weighted by molar-refractivity contribution is -0.157. The molecule has 0 radical (unpaired) electrons. The van der Waals surface area contributed by atoms with Crippen molar-refractivity contribution in [3.8, 4) is 0 Å². The van der Waals surface area contributed by atoms with E-state index in [1.807, 2.05) is 13.8 Å². The van der Waals surface area contributed by atoms with E-state index in [4.69, 9.17) is 24.5 Å². The highest BCUT2D eigenvalue weighted by Crippen LogP contribution is 2.35. The van der Waals surface area contributed by atoms with Crippen molar-refractivity contribution in [1.82, 2.24) is 5.32 Å². The Kier molecular flexibility index (Phi) is 4.48. The van der Waals surface area contributed by atoms with Gasteiger partial charge in [-0.15, -0.1) is 0 Å². The largest absolute Gasteiger partial charge is 0.481 e. The molecule has 6 nitrogen and oxygen atoms in total. The molecule has 6 heteroatoms. The zero-order valence-corrected chi connectivity index (χ0v) is 10.6. The molecule has 2 aliphatic rings. The third kappa shape index (κ3) is 3.64. The van der Waals surface area contributed by atoms with Gasteiger partial charge in [0.2, 0.25) is 0 Å². The van der Waals surface area contributed by atoms with Gasteiger partial charge in [0.25, 0.3) is 5.97 Å². The Labute approximate surface area is 101 Å². The molecule has 0 amide bonds. The molecule has 0 bridgehead atoms. The van der Waals surface area contributed by atoms with Crippen LogP contribution in [0.1, 0.15) is 27.7 Å². The standard InChI is InChI=1S/C9H17NO3.C2H4O2/c1-5-7-8(6(4-11)10-5)13-9(2,3)12-7;1-2(3)4/h5-8,10-11H,4H2,1-3H3;1H3,(H,3,4)/t5-,6-,7+,8-;/m1./s1. The zero-order chi connectivity index (χ0) is 13.2. The average molecular weight is 247 g/mol. The van der Waals surface area contributed by atoms with Crippen LogP contribution >= 0.6 is 0 Å². The van der Waals surface area contributed by atoms with Crippen molar-refractivity contribution in [2.24, 2.45) is 0 Å². The Bertz CT molecular complexity index is 277. The van der Waals surface area contributed by atoms with Crippen molar-refractivity contribution in [2.75, 3.05) is 6.61 Å². The van der Waals surface area contributed by atoms with Gasteiger partial charge < -0.3 is 25.0 Å². The monoisotopic (exact) mass is 247 g/mol. The molecule has 2 fully saturated rings. The maximum atomic E-state index is 9.10. The van der Waals surface area contributed by atoms with Crippen molar-refractivity contribution < 1.29 is 24.5 Å². The fourth-order valence-electron chi connectivity index (χ4n) is 2.20. The van der Waals surface area contributed by atoms with Gasteiger partial charge in [-0.3, -0.25) is 4.79 Å². The average Bonchev–Trinajstić information content (AvgIpc) is 2.61. The molecule has 0 aromatic rings. The van der Waals surface area contributed by atoms with Crippen molar-refractivity contribution in [2.45, 2.75) is 57.8 Å². The first-order chi connectivity index (χ1) is 7.76. The molecule has 17 heavy (non-hydrogen) atoms. The van der Waals surface area contributed by atoms with E-state index >= 15 is 0 Å². The lowest BCUT2D eigenvalue weighted by Gasteiger charge is -2.22. The second-order valence-electron chi connectivity index (χ2n) is 4.83. The molecular weight excluding hydrogens is 226 g/mol.